The maximum absolute atomic E-state index is 11.9. The number of nitrogens with one attached hydrogen (secondary N) is 1. The normalized spacial score (nSPS) is 9.79. The van der Waals surface area contributed by atoms with Crippen LogP contribution in [-0.2, 0) is 13.6 Å². The van der Waals surface area contributed by atoms with E-state index in [4.69, 9.17) is 5.11 Å². The number of rotatable bonds is 3. The van der Waals surface area contributed by atoms with E-state index in [-0.39, 0.29) is 12.5 Å². The van der Waals surface area contributed by atoms with Gasteiger partial charge in [0.25, 0.3) is 5.91 Å². The predicted molar refractivity (Wildman–Crippen MR) is 74.9 cm³/mol. The van der Waals surface area contributed by atoms with Crippen LogP contribution in [0.2, 0.25) is 0 Å². The van der Waals surface area contributed by atoms with Gasteiger partial charge in [0.2, 0.25) is 0 Å². The summed E-state index contributed by atoms with van der Waals surface area (Å²) >= 11 is 1.54. The lowest BCUT2D eigenvalue weighted by Gasteiger charge is -2.04. The molecule has 0 spiro atoms. The van der Waals surface area contributed by atoms with Crippen molar-refractivity contribution in [3.8, 4) is 11.8 Å². The van der Waals surface area contributed by atoms with Crippen LogP contribution in [0.25, 0.3) is 0 Å². The molecule has 0 unspecified atom stereocenters. The molecule has 5 heteroatoms. The van der Waals surface area contributed by atoms with Crippen molar-refractivity contribution in [1.29, 1.82) is 0 Å². The Kier molecular flexibility index (Phi) is 4.39. The molecular formula is C14H14N2O2S. The van der Waals surface area contributed by atoms with E-state index in [1.54, 1.807) is 10.6 Å². The summed E-state index contributed by atoms with van der Waals surface area (Å²) in [6.45, 7) is 0.338. The van der Waals surface area contributed by atoms with Crippen LogP contribution in [0, 0.1) is 11.8 Å². The van der Waals surface area contributed by atoms with Crippen LogP contribution in [0.5, 0.6) is 0 Å². The highest BCUT2D eigenvalue weighted by Crippen LogP contribution is 2.13. The first-order valence-corrected chi connectivity index (χ1v) is 6.65. The number of hydrogen-bond acceptors (Lipinski definition) is 3. The van der Waals surface area contributed by atoms with Gasteiger partial charge in [-0.3, -0.25) is 4.79 Å². The van der Waals surface area contributed by atoms with Gasteiger partial charge in [0, 0.05) is 29.1 Å². The highest BCUT2D eigenvalue weighted by Gasteiger charge is 2.08. The minimum atomic E-state index is -0.143. The van der Waals surface area contributed by atoms with Gasteiger partial charge in [-0.1, -0.05) is 11.8 Å². The van der Waals surface area contributed by atoms with Crippen molar-refractivity contribution in [1.82, 2.24) is 9.88 Å². The van der Waals surface area contributed by atoms with E-state index in [1.807, 2.05) is 30.8 Å². The molecule has 0 aliphatic heterocycles. The van der Waals surface area contributed by atoms with Crippen molar-refractivity contribution in [2.24, 2.45) is 7.05 Å². The zero-order valence-electron chi connectivity index (χ0n) is 10.5. The van der Waals surface area contributed by atoms with E-state index in [1.165, 1.54) is 11.3 Å². The van der Waals surface area contributed by atoms with Gasteiger partial charge in [-0.05, 0) is 18.2 Å². The summed E-state index contributed by atoms with van der Waals surface area (Å²) in [4.78, 5) is 12.9. The summed E-state index contributed by atoms with van der Waals surface area (Å²) in [6, 6.07) is 5.53. The first kappa shape index (κ1) is 13.4. The molecule has 0 radical (unpaired) electrons. The van der Waals surface area contributed by atoms with E-state index < -0.39 is 0 Å². The Bertz CT molecular complexity index is 631. The number of thiophene rings is 1. The van der Waals surface area contributed by atoms with Gasteiger partial charge in [0.1, 0.15) is 12.3 Å². The molecule has 0 saturated carbocycles. The molecule has 0 bridgehead atoms. The maximum atomic E-state index is 11.9. The fraction of sp³-hybridized carbons (Fsp3) is 0.214. The Labute approximate surface area is 115 Å². The Hall–Kier alpha value is -2.03. The average Bonchev–Trinajstić information content (AvgIpc) is 3.02. The summed E-state index contributed by atoms with van der Waals surface area (Å²) < 4.78 is 1.78. The van der Waals surface area contributed by atoms with Crippen LogP contribution < -0.4 is 5.32 Å². The van der Waals surface area contributed by atoms with Crippen LogP contribution in [0.3, 0.4) is 0 Å². The molecule has 2 rings (SSSR count). The van der Waals surface area contributed by atoms with Crippen molar-refractivity contribution in [2.45, 2.75) is 6.54 Å². The van der Waals surface area contributed by atoms with Gasteiger partial charge >= 0.3 is 0 Å². The molecule has 0 saturated heterocycles. The third kappa shape index (κ3) is 3.47. The molecule has 0 aliphatic rings. The zero-order chi connectivity index (χ0) is 13.7. The summed E-state index contributed by atoms with van der Waals surface area (Å²) in [6.07, 6.45) is 1.84. The van der Waals surface area contributed by atoms with Crippen LogP contribution in [0.4, 0.5) is 0 Å². The minimum Gasteiger partial charge on any atom is -0.384 e. The van der Waals surface area contributed by atoms with Gasteiger partial charge < -0.3 is 15.0 Å². The number of carbonyl (C=O) groups is 1. The molecule has 1 amide bonds. The van der Waals surface area contributed by atoms with E-state index >= 15 is 0 Å². The first-order valence-electron chi connectivity index (χ1n) is 5.77. The van der Waals surface area contributed by atoms with Crippen LogP contribution in [0.15, 0.2) is 29.8 Å². The van der Waals surface area contributed by atoms with Crippen molar-refractivity contribution < 1.29 is 9.90 Å². The second-order valence-electron chi connectivity index (χ2n) is 3.95. The van der Waals surface area contributed by atoms with Gasteiger partial charge in [-0.15, -0.1) is 11.3 Å². The van der Waals surface area contributed by atoms with Gasteiger partial charge in [0.15, 0.2) is 0 Å². The molecule has 19 heavy (non-hydrogen) atoms. The molecule has 4 nitrogen and oxygen atoms in total. The van der Waals surface area contributed by atoms with Gasteiger partial charge in [-0.2, -0.15) is 0 Å². The van der Waals surface area contributed by atoms with Crippen molar-refractivity contribution in [3.63, 3.8) is 0 Å². The second kappa shape index (κ2) is 6.23. The maximum Gasteiger partial charge on any atom is 0.268 e. The number of aliphatic hydroxyl groups is 1. The molecule has 2 aromatic heterocycles. The molecule has 98 valence electrons. The third-order valence-corrected chi connectivity index (χ3v) is 3.50. The number of nitrogens with zero attached hydrogens (tertiary/aromatic N) is 1. The largest absolute Gasteiger partial charge is 0.384 e. The van der Waals surface area contributed by atoms with Crippen LogP contribution in [-0.4, -0.2) is 22.2 Å². The molecule has 0 aromatic carbocycles. The molecule has 2 aromatic rings. The first-order chi connectivity index (χ1) is 9.20. The Morgan fingerprint density at radius 2 is 2.42 bits per heavy atom. The van der Waals surface area contributed by atoms with E-state index in [0.717, 1.165) is 10.4 Å². The number of aliphatic hydroxyl groups excluding tert-OH is 1. The SMILES string of the molecule is Cn1cccc1C(=O)NCc1cc(C#CCO)cs1. The van der Waals surface area contributed by atoms with Gasteiger partial charge in [-0.25, -0.2) is 0 Å². The molecule has 2 N–H and O–H groups in total. The number of hydrogen-bond donors (Lipinski definition) is 2. The smallest absolute Gasteiger partial charge is 0.268 e. The Morgan fingerprint density at radius 3 is 3.11 bits per heavy atom. The van der Waals surface area contributed by atoms with Crippen LogP contribution >= 0.6 is 11.3 Å². The van der Waals surface area contributed by atoms with Crippen molar-refractivity contribution in [3.05, 3.63) is 45.9 Å². The highest BCUT2D eigenvalue weighted by molar-refractivity contribution is 7.10. The lowest BCUT2D eigenvalue weighted by atomic mass is 10.3. The number of aryl methyl sites for hydroxylation is 1. The number of carbonyl (C=O) groups excluding carboxylic acids is 1. The van der Waals surface area contributed by atoms with Crippen LogP contribution in [0.1, 0.15) is 20.9 Å². The molecule has 0 aliphatic carbocycles. The molecule has 0 atom stereocenters. The second-order valence-corrected chi connectivity index (χ2v) is 4.94. The van der Waals surface area contributed by atoms with E-state index in [2.05, 4.69) is 17.2 Å². The minimum absolute atomic E-state index is 0.0936. The third-order valence-electron chi connectivity index (χ3n) is 2.57. The summed E-state index contributed by atoms with van der Waals surface area (Å²) in [5.41, 5.74) is 1.50. The van der Waals surface area contributed by atoms with E-state index in [0.29, 0.717) is 12.2 Å². The summed E-state index contributed by atoms with van der Waals surface area (Å²) in [7, 11) is 1.84. The Morgan fingerprint density at radius 1 is 1.58 bits per heavy atom. The molecule has 2 heterocycles. The van der Waals surface area contributed by atoms with Crippen molar-refractivity contribution in [2.75, 3.05) is 6.61 Å². The summed E-state index contributed by atoms with van der Waals surface area (Å²) in [5, 5.41) is 13.4. The standard InChI is InChI=1S/C14H14N2O2S/c1-16-6-2-5-13(16)14(18)15-9-12-8-11(10-19-12)4-3-7-17/h2,5-6,8,10,17H,7,9H2,1H3,(H,15,18). The zero-order valence-corrected chi connectivity index (χ0v) is 11.3. The number of aromatic nitrogens is 1. The quantitative estimate of drug-likeness (QED) is 0.830. The lowest BCUT2D eigenvalue weighted by Crippen LogP contribution is -2.24. The highest BCUT2D eigenvalue weighted by atomic mass is 32.1. The van der Waals surface area contributed by atoms with E-state index in [9.17, 15) is 4.79 Å². The summed E-state index contributed by atoms with van der Waals surface area (Å²) in [5.74, 6) is 5.33. The monoisotopic (exact) mass is 274 g/mol. The lowest BCUT2D eigenvalue weighted by molar-refractivity contribution is 0.0943. The topological polar surface area (TPSA) is 54.3 Å². The van der Waals surface area contributed by atoms with Gasteiger partial charge in [0.05, 0.1) is 6.54 Å². The van der Waals surface area contributed by atoms with Crippen molar-refractivity contribution >= 4 is 17.2 Å². The fourth-order valence-corrected chi connectivity index (χ4v) is 2.39. The number of amides is 1. The predicted octanol–water partition coefficient (Wildman–Crippen LogP) is 1.36. The fourth-order valence-electron chi connectivity index (χ4n) is 1.64. The molecular weight excluding hydrogens is 260 g/mol. The Balaban J connectivity index is 1.94. The molecule has 0 fully saturated rings. The average molecular weight is 274 g/mol.